The number of nitrogens with zero attached hydrogens (tertiary/aromatic N) is 2. The van der Waals surface area contributed by atoms with Crippen LogP contribution in [0.1, 0.15) is 81.1 Å². The van der Waals surface area contributed by atoms with Crippen LogP contribution < -0.4 is 20.5 Å². The minimum atomic E-state index is -0.555. The first-order valence-corrected chi connectivity index (χ1v) is 21.8. The predicted octanol–water partition coefficient (Wildman–Crippen LogP) is 6.60. The van der Waals surface area contributed by atoms with Crippen molar-refractivity contribution in [1.29, 1.82) is 0 Å². The Balaban J connectivity index is 1.15. The Morgan fingerprint density at radius 1 is 1.07 bits per heavy atom. The van der Waals surface area contributed by atoms with E-state index in [1.807, 2.05) is 35.1 Å². The predicted molar refractivity (Wildman–Crippen MR) is 214 cm³/mol. The van der Waals surface area contributed by atoms with Crippen LogP contribution in [0, 0.1) is 11.8 Å². The highest BCUT2D eigenvalue weighted by molar-refractivity contribution is 8.76. The Bertz CT molecular complexity index is 1820. The molecule has 2 aromatic carbocycles. The number of aromatic nitrogens is 1. The fraction of sp³-hybridized carbons (Fsp3) is 0.537. The number of nitrogens with two attached hydrogens (primary N) is 1. The summed E-state index contributed by atoms with van der Waals surface area (Å²) in [6.45, 7) is 2.39. The molecular formula is C41H52N4O8S2. The molecule has 1 spiro atoms. The second-order valence-electron chi connectivity index (χ2n) is 15.4. The van der Waals surface area contributed by atoms with Crippen molar-refractivity contribution in [2.24, 2.45) is 22.6 Å². The van der Waals surface area contributed by atoms with Gasteiger partial charge in [0.1, 0.15) is 12.2 Å². The third kappa shape index (κ3) is 10.2. The largest absolute Gasteiger partial charge is 0.504 e. The number of hydrogen-bond donors (Lipinski definition) is 5. The van der Waals surface area contributed by atoms with Crippen LogP contribution in [-0.2, 0) is 27.1 Å². The number of guanidine groups is 1. The highest BCUT2D eigenvalue weighted by Gasteiger charge is 2.43. The van der Waals surface area contributed by atoms with Gasteiger partial charge in [-0.05, 0) is 84.5 Å². The van der Waals surface area contributed by atoms with Gasteiger partial charge in [0, 0.05) is 63.1 Å². The van der Waals surface area contributed by atoms with E-state index < -0.39 is 12.2 Å². The summed E-state index contributed by atoms with van der Waals surface area (Å²) >= 11 is 0. The molecular weight excluding hydrogens is 741 g/mol. The van der Waals surface area contributed by atoms with Gasteiger partial charge in [0.15, 0.2) is 29.0 Å². The third-order valence-corrected chi connectivity index (χ3v) is 13.8. The molecule has 55 heavy (non-hydrogen) atoms. The van der Waals surface area contributed by atoms with Crippen LogP contribution in [0.2, 0.25) is 0 Å². The van der Waals surface area contributed by atoms with Crippen LogP contribution in [0.15, 0.2) is 59.9 Å². The van der Waals surface area contributed by atoms with Crippen molar-refractivity contribution < 1.29 is 39.1 Å². The summed E-state index contributed by atoms with van der Waals surface area (Å²) in [5.74, 6) is 2.13. The topological polar surface area (TPSA) is 178 Å². The smallest absolute Gasteiger partial charge is 0.302 e. The summed E-state index contributed by atoms with van der Waals surface area (Å²) in [4.78, 5) is 21.1. The van der Waals surface area contributed by atoms with Gasteiger partial charge in [0.2, 0.25) is 5.75 Å². The molecule has 1 saturated carbocycles. The third-order valence-electron chi connectivity index (χ3n) is 11.1. The van der Waals surface area contributed by atoms with Crippen molar-refractivity contribution >= 4 is 33.5 Å². The first-order valence-electron chi connectivity index (χ1n) is 19.3. The lowest BCUT2D eigenvalue weighted by Gasteiger charge is -2.45. The Kier molecular flexibility index (Phi) is 12.7. The molecule has 4 heterocycles. The molecule has 2 fully saturated rings. The molecule has 0 amide bonds. The van der Waals surface area contributed by atoms with Gasteiger partial charge >= 0.3 is 5.97 Å². The van der Waals surface area contributed by atoms with Gasteiger partial charge in [0.25, 0.3) is 0 Å². The van der Waals surface area contributed by atoms with Gasteiger partial charge in [-0.2, -0.15) is 0 Å². The Labute approximate surface area is 330 Å². The van der Waals surface area contributed by atoms with E-state index in [-0.39, 0.29) is 59.2 Å². The highest BCUT2D eigenvalue weighted by atomic mass is 33.1. The van der Waals surface area contributed by atoms with Gasteiger partial charge in [0.05, 0.1) is 24.4 Å². The van der Waals surface area contributed by atoms with Crippen LogP contribution in [0.25, 0.3) is 0 Å². The van der Waals surface area contributed by atoms with Crippen molar-refractivity contribution in [2.75, 3.05) is 24.7 Å². The monoisotopic (exact) mass is 792 g/mol. The molecule has 12 nitrogen and oxygen atoms in total. The fourth-order valence-electron chi connectivity index (χ4n) is 8.58. The quantitative estimate of drug-likeness (QED) is 0.0983. The first-order chi connectivity index (χ1) is 26.6. The molecule has 3 aliphatic heterocycles. The second kappa shape index (κ2) is 17.8. The number of esters is 1. The van der Waals surface area contributed by atoms with E-state index in [4.69, 9.17) is 24.7 Å². The van der Waals surface area contributed by atoms with Crippen LogP contribution in [-0.4, -0.2) is 80.7 Å². The average molecular weight is 793 g/mol. The SMILES string of the molecule is CC(=O)OC1CC(c2cc(O)c(O)c(OCCc3cccnc3)c2)OC(C2CSSCC34CC(CCCCN=C(N)N3)CC(C4)Oc3cc(ccc3O)C2)C1. The standard InChI is InChI=1S/C41H52N4O8S2/c1-25(46)51-31-18-35(29-16-34(48)39(49)38(17-29)50-12-9-26-6-4-10-43-22-26)53-36(19-31)30-13-27-7-8-33(47)37(15-27)52-32-14-28-5-2-3-11-44-40(42)45-41(20-28,21-32)24-55-54-23-30/h4,6-8,10,15-17,22,28,30-32,35-36,47-49H,2-3,5,9,11-14,18-21,23-24H2,1H3,(H3,42,44,45). The zero-order valence-corrected chi connectivity index (χ0v) is 32.9. The van der Waals surface area contributed by atoms with E-state index in [0.717, 1.165) is 61.2 Å². The molecule has 5 bridgehead atoms. The summed E-state index contributed by atoms with van der Waals surface area (Å²) in [6, 6.07) is 12.6. The van der Waals surface area contributed by atoms with Crippen LogP contribution in [0.5, 0.6) is 28.7 Å². The lowest BCUT2D eigenvalue weighted by molar-refractivity contribution is -0.163. The van der Waals surface area contributed by atoms with Crippen molar-refractivity contribution in [2.45, 2.75) is 101 Å². The van der Waals surface area contributed by atoms with Crippen molar-refractivity contribution in [3.8, 4) is 28.7 Å². The molecule has 3 aromatic rings. The van der Waals surface area contributed by atoms with Gasteiger partial charge < -0.3 is 45.3 Å². The minimum Gasteiger partial charge on any atom is -0.504 e. The molecule has 1 saturated heterocycles. The van der Waals surface area contributed by atoms with Crippen LogP contribution >= 0.6 is 21.6 Å². The number of rotatable bonds is 7. The van der Waals surface area contributed by atoms with E-state index in [0.29, 0.717) is 55.4 Å². The number of aliphatic imine (C=N–C) groups is 1. The lowest BCUT2D eigenvalue weighted by atomic mass is 9.73. The van der Waals surface area contributed by atoms with Crippen molar-refractivity contribution in [3.63, 3.8) is 0 Å². The molecule has 7 atom stereocenters. The number of aromatic hydroxyl groups is 3. The zero-order valence-electron chi connectivity index (χ0n) is 31.2. The molecule has 7 unspecified atom stereocenters. The van der Waals surface area contributed by atoms with Crippen LogP contribution in [0.4, 0.5) is 0 Å². The maximum absolute atomic E-state index is 12.3. The van der Waals surface area contributed by atoms with E-state index in [1.54, 1.807) is 35.3 Å². The number of phenols is 3. The maximum Gasteiger partial charge on any atom is 0.302 e. The molecule has 1 aromatic heterocycles. The number of nitrogens with one attached hydrogen (secondary N) is 1. The average Bonchev–Trinajstić information content (AvgIpc) is 3.15. The summed E-state index contributed by atoms with van der Waals surface area (Å²) in [5, 5.41) is 36.2. The Hall–Kier alpha value is -4.01. The fourth-order valence-corrected chi connectivity index (χ4v) is 11.5. The number of hydrogen-bond acceptors (Lipinski definition) is 14. The summed E-state index contributed by atoms with van der Waals surface area (Å²) < 4.78 is 25.4. The number of ether oxygens (including phenoxy) is 4. The molecule has 1 aliphatic carbocycles. The molecule has 14 heteroatoms. The number of pyridine rings is 1. The van der Waals surface area contributed by atoms with E-state index in [1.165, 1.54) is 13.0 Å². The minimum absolute atomic E-state index is 0.0225. The molecule has 6 N–H and O–H groups in total. The molecule has 7 rings (SSSR count). The van der Waals surface area contributed by atoms with E-state index >= 15 is 0 Å². The number of phenolic OH excluding ortho intramolecular Hbond substituents is 3. The van der Waals surface area contributed by atoms with Crippen molar-refractivity contribution in [1.82, 2.24) is 10.3 Å². The number of fused-ring (bicyclic) bond motifs is 4. The number of carbonyl (C=O) groups excluding carboxylic acids is 1. The second-order valence-corrected chi connectivity index (χ2v) is 18.0. The van der Waals surface area contributed by atoms with E-state index in [2.05, 4.69) is 15.3 Å². The summed E-state index contributed by atoms with van der Waals surface area (Å²) in [6.07, 6.45) is 9.95. The molecule has 296 valence electrons. The maximum atomic E-state index is 12.3. The van der Waals surface area contributed by atoms with Crippen LogP contribution in [0.3, 0.4) is 0 Å². The van der Waals surface area contributed by atoms with Crippen molar-refractivity contribution in [3.05, 3.63) is 71.5 Å². The highest BCUT2D eigenvalue weighted by Crippen LogP contribution is 2.46. The molecule has 0 radical (unpaired) electrons. The normalized spacial score (nSPS) is 28.7. The summed E-state index contributed by atoms with van der Waals surface area (Å²) in [7, 11) is 3.61. The lowest BCUT2D eigenvalue weighted by Crippen LogP contribution is -2.58. The molecule has 4 aliphatic rings. The number of carbonyl (C=O) groups is 1. The first kappa shape index (κ1) is 39.2. The zero-order chi connectivity index (χ0) is 38.4. The Morgan fingerprint density at radius 3 is 2.80 bits per heavy atom. The number of benzene rings is 2. The van der Waals surface area contributed by atoms with Gasteiger partial charge in [-0.1, -0.05) is 46.6 Å². The Morgan fingerprint density at radius 2 is 1.96 bits per heavy atom. The van der Waals surface area contributed by atoms with E-state index in [9.17, 15) is 20.1 Å². The van der Waals surface area contributed by atoms with Gasteiger partial charge in [-0.3, -0.25) is 14.8 Å². The van der Waals surface area contributed by atoms with Gasteiger partial charge in [-0.15, -0.1) is 0 Å². The summed E-state index contributed by atoms with van der Waals surface area (Å²) in [5.41, 5.74) is 8.74. The van der Waals surface area contributed by atoms with Gasteiger partial charge in [-0.25, -0.2) is 0 Å².